The standard InChI is InChI=1S/C11H14N2O4/c1-11(2,10(12)14)7-17-9-6-4-3-5-8(9)13(15)16/h3-6H,7H2,1-2H3,(H2,12,14). The van der Waals surface area contributed by atoms with Gasteiger partial charge >= 0.3 is 5.69 Å². The highest BCUT2D eigenvalue weighted by Crippen LogP contribution is 2.27. The number of nitrogens with two attached hydrogens (primary N) is 1. The summed E-state index contributed by atoms with van der Waals surface area (Å²) in [5.41, 5.74) is 4.18. The van der Waals surface area contributed by atoms with E-state index in [0.717, 1.165) is 0 Å². The van der Waals surface area contributed by atoms with Crippen LogP contribution in [0.1, 0.15) is 13.8 Å². The third-order valence-electron chi connectivity index (χ3n) is 2.32. The van der Waals surface area contributed by atoms with Gasteiger partial charge < -0.3 is 10.5 Å². The van der Waals surface area contributed by atoms with Crippen LogP contribution < -0.4 is 10.5 Å². The van der Waals surface area contributed by atoms with Gasteiger partial charge in [-0.3, -0.25) is 14.9 Å². The molecule has 0 spiro atoms. The van der Waals surface area contributed by atoms with E-state index in [4.69, 9.17) is 10.5 Å². The first-order valence-corrected chi connectivity index (χ1v) is 5.01. The van der Waals surface area contributed by atoms with E-state index in [0.29, 0.717) is 0 Å². The predicted molar refractivity (Wildman–Crippen MR) is 61.6 cm³/mol. The van der Waals surface area contributed by atoms with Crippen LogP contribution in [0.3, 0.4) is 0 Å². The molecule has 0 aliphatic carbocycles. The summed E-state index contributed by atoms with van der Waals surface area (Å²) in [6.07, 6.45) is 0. The van der Waals surface area contributed by atoms with Crippen LogP contribution in [0.25, 0.3) is 0 Å². The first kappa shape index (κ1) is 13.0. The molecular formula is C11H14N2O4. The maximum absolute atomic E-state index is 11.1. The monoisotopic (exact) mass is 238 g/mol. The van der Waals surface area contributed by atoms with Crippen LogP contribution in [0.5, 0.6) is 5.75 Å². The van der Waals surface area contributed by atoms with E-state index < -0.39 is 16.2 Å². The lowest BCUT2D eigenvalue weighted by Crippen LogP contribution is -2.36. The van der Waals surface area contributed by atoms with Gasteiger partial charge in [0.25, 0.3) is 0 Å². The fraction of sp³-hybridized carbons (Fsp3) is 0.364. The maximum Gasteiger partial charge on any atom is 0.310 e. The van der Waals surface area contributed by atoms with Crippen molar-refractivity contribution >= 4 is 11.6 Å². The van der Waals surface area contributed by atoms with Gasteiger partial charge in [0, 0.05) is 6.07 Å². The second kappa shape index (κ2) is 4.82. The summed E-state index contributed by atoms with van der Waals surface area (Å²) in [6.45, 7) is 3.22. The maximum atomic E-state index is 11.1. The molecule has 0 unspecified atom stereocenters. The van der Waals surface area contributed by atoms with E-state index in [2.05, 4.69) is 0 Å². The lowest BCUT2D eigenvalue weighted by molar-refractivity contribution is -0.385. The van der Waals surface area contributed by atoms with E-state index >= 15 is 0 Å². The van der Waals surface area contributed by atoms with Gasteiger partial charge in [0.2, 0.25) is 5.91 Å². The van der Waals surface area contributed by atoms with Gasteiger partial charge in [-0.15, -0.1) is 0 Å². The van der Waals surface area contributed by atoms with Gasteiger partial charge in [0.05, 0.1) is 10.3 Å². The van der Waals surface area contributed by atoms with Crippen molar-refractivity contribution in [3.63, 3.8) is 0 Å². The Morgan fingerprint density at radius 1 is 1.47 bits per heavy atom. The fourth-order valence-corrected chi connectivity index (χ4v) is 1.06. The quantitative estimate of drug-likeness (QED) is 0.620. The second-order valence-electron chi connectivity index (χ2n) is 4.26. The second-order valence-corrected chi connectivity index (χ2v) is 4.26. The van der Waals surface area contributed by atoms with Crippen LogP contribution in [-0.2, 0) is 4.79 Å². The molecule has 0 aromatic heterocycles. The third-order valence-corrected chi connectivity index (χ3v) is 2.32. The molecule has 6 heteroatoms. The van der Waals surface area contributed by atoms with E-state index in [1.54, 1.807) is 26.0 Å². The minimum absolute atomic E-state index is 0.00676. The molecule has 1 amide bonds. The van der Waals surface area contributed by atoms with Crippen LogP contribution in [-0.4, -0.2) is 17.4 Å². The topological polar surface area (TPSA) is 95.5 Å². The highest BCUT2D eigenvalue weighted by atomic mass is 16.6. The van der Waals surface area contributed by atoms with Crippen molar-refractivity contribution in [2.75, 3.05) is 6.61 Å². The molecule has 6 nitrogen and oxygen atoms in total. The van der Waals surface area contributed by atoms with Crippen molar-refractivity contribution in [2.45, 2.75) is 13.8 Å². The number of hydrogen-bond donors (Lipinski definition) is 1. The zero-order valence-corrected chi connectivity index (χ0v) is 9.67. The van der Waals surface area contributed by atoms with Crippen LogP contribution in [0.15, 0.2) is 24.3 Å². The van der Waals surface area contributed by atoms with Crippen LogP contribution in [0.4, 0.5) is 5.69 Å². The Hall–Kier alpha value is -2.11. The first-order chi connectivity index (χ1) is 7.84. The van der Waals surface area contributed by atoms with E-state index in [-0.39, 0.29) is 18.0 Å². The molecule has 1 aromatic rings. The van der Waals surface area contributed by atoms with E-state index in [9.17, 15) is 14.9 Å². The highest BCUT2D eigenvalue weighted by Gasteiger charge is 2.27. The zero-order chi connectivity index (χ0) is 13.1. The van der Waals surface area contributed by atoms with Gasteiger partial charge in [0.1, 0.15) is 6.61 Å². The Balaban J connectivity index is 2.83. The van der Waals surface area contributed by atoms with Crippen molar-refractivity contribution in [3.05, 3.63) is 34.4 Å². The Morgan fingerprint density at radius 3 is 2.59 bits per heavy atom. The molecule has 0 heterocycles. The highest BCUT2D eigenvalue weighted by molar-refractivity contribution is 5.80. The van der Waals surface area contributed by atoms with Crippen molar-refractivity contribution in [1.29, 1.82) is 0 Å². The summed E-state index contributed by atoms with van der Waals surface area (Å²) in [5, 5.41) is 10.7. The molecule has 0 aliphatic heterocycles. The van der Waals surface area contributed by atoms with Crippen molar-refractivity contribution in [1.82, 2.24) is 0 Å². The number of primary amides is 1. The lowest BCUT2D eigenvalue weighted by Gasteiger charge is -2.20. The Morgan fingerprint density at radius 2 is 2.06 bits per heavy atom. The summed E-state index contributed by atoms with van der Waals surface area (Å²) >= 11 is 0. The molecular weight excluding hydrogens is 224 g/mol. The van der Waals surface area contributed by atoms with Gasteiger partial charge in [-0.2, -0.15) is 0 Å². The normalized spacial score (nSPS) is 10.9. The largest absolute Gasteiger partial charge is 0.486 e. The van der Waals surface area contributed by atoms with Crippen LogP contribution in [0, 0.1) is 15.5 Å². The molecule has 17 heavy (non-hydrogen) atoms. The van der Waals surface area contributed by atoms with Crippen molar-refractivity contribution in [2.24, 2.45) is 11.1 Å². The summed E-state index contributed by atoms with van der Waals surface area (Å²) in [7, 11) is 0. The Bertz CT molecular complexity index is 443. The molecule has 0 atom stereocenters. The smallest absolute Gasteiger partial charge is 0.310 e. The summed E-state index contributed by atoms with van der Waals surface area (Å²) < 4.78 is 5.28. The van der Waals surface area contributed by atoms with Crippen molar-refractivity contribution in [3.8, 4) is 5.75 Å². The average Bonchev–Trinajstić information content (AvgIpc) is 2.26. The minimum atomic E-state index is -0.871. The molecule has 0 radical (unpaired) electrons. The lowest BCUT2D eigenvalue weighted by atomic mass is 9.94. The van der Waals surface area contributed by atoms with Gasteiger partial charge in [-0.25, -0.2) is 0 Å². The van der Waals surface area contributed by atoms with Gasteiger partial charge in [0.15, 0.2) is 5.75 Å². The summed E-state index contributed by atoms with van der Waals surface area (Å²) in [5.74, 6) is -0.386. The number of hydrogen-bond acceptors (Lipinski definition) is 4. The number of ether oxygens (including phenoxy) is 1. The zero-order valence-electron chi connectivity index (χ0n) is 9.67. The number of benzene rings is 1. The number of nitro groups is 1. The van der Waals surface area contributed by atoms with Crippen molar-refractivity contribution < 1.29 is 14.5 Å². The molecule has 1 aromatic carbocycles. The van der Waals surface area contributed by atoms with Gasteiger partial charge in [-0.05, 0) is 19.9 Å². The number of carbonyl (C=O) groups excluding carboxylic acids is 1. The first-order valence-electron chi connectivity index (χ1n) is 5.01. The van der Waals surface area contributed by atoms with E-state index in [1.165, 1.54) is 12.1 Å². The number of rotatable bonds is 5. The van der Waals surface area contributed by atoms with Crippen LogP contribution in [0.2, 0.25) is 0 Å². The van der Waals surface area contributed by atoms with E-state index in [1.807, 2.05) is 0 Å². The molecule has 1 rings (SSSR count). The SMILES string of the molecule is CC(C)(COc1ccccc1[N+](=O)[O-])C(N)=O. The summed E-state index contributed by atoms with van der Waals surface area (Å²) in [6, 6.07) is 5.99. The molecule has 0 saturated carbocycles. The number of nitrogens with zero attached hydrogens (tertiary/aromatic N) is 1. The molecule has 0 fully saturated rings. The molecule has 92 valence electrons. The van der Waals surface area contributed by atoms with Crippen LogP contribution >= 0.6 is 0 Å². The fourth-order valence-electron chi connectivity index (χ4n) is 1.06. The Kier molecular flexibility index (Phi) is 3.67. The molecule has 2 N–H and O–H groups in total. The third kappa shape index (κ3) is 3.17. The predicted octanol–water partition coefficient (Wildman–Crippen LogP) is 1.49. The number of nitro benzene ring substituents is 1. The number of para-hydroxylation sites is 2. The molecule has 0 saturated heterocycles. The number of carbonyl (C=O) groups is 1. The molecule has 0 bridgehead atoms. The molecule has 0 aliphatic rings. The minimum Gasteiger partial charge on any atom is -0.486 e. The average molecular weight is 238 g/mol. The Labute approximate surface area is 98.5 Å². The van der Waals surface area contributed by atoms with Gasteiger partial charge in [-0.1, -0.05) is 12.1 Å². The summed E-state index contributed by atoms with van der Waals surface area (Å²) in [4.78, 5) is 21.2. The number of amides is 1.